The molecular formula is C27H27N3O2. The number of para-hydroxylation sites is 1. The van der Waals surface area contributed by atoms with Crippen LogP contribution in [0.25, 0.3) is 0 Å². The molecule has 1 heterocycles. The largest absolute Gasteiger partial charge is 0.355 e. The van der Waals surface area contributed by atoms with Gasteiger partial charge in [0, 0.05) is 36.1 Å². The molecule has 2 amide bonds. The summed E-state index contributed by atoms with van der Waals surface area (Å²) in [6.07, 6.45) is 2.04. The van der Waals surface area contributed by atoms with Gasteiger partial charge in [0.25, 0.3) is 0 Å². The van der Waals surface area contributed by atoms with E-state index in [1.807, 2.05) is 59.5 Å². The summed E-state index contributed by atoms with van der Waals surface area (Å²) in [4.78, 5) is 27.4. The van der Waals surface area contributed by atoms with Crippen molar-refractivity contribution in [1.82, 2.24) is 4.90 Å². The lowest BCUT2D eigenvalue weighted by Gasteiger charge is -2.24. The molecule has 162 valence electrons. The van der Waals surface area contributed by atoms with Gasteiger partial charge < -0.3 is 15.5 Å². The maximum absolute atomic E-state index is 12.9. The Morgan fingerprint density at radius 1 is 0.844 bits per heavy atom. The summed E-state index contributed by atoms with van der Waals surface area (Å²) in [6, 6.07) is 24.3. The van der Waals surface area contributed by atoms with Crippen LogP contribution in [-0.4, -0.2) is 29.3 Å². The molecule has 3 aromatic carbocycles. The Labute approximate surface area is 188 Å². The molecule has 2 aliphatic rings. The molecule has 1 aliphatic heterocycles. The Hall–Kier alpha value is -3.60. The first-order valence-corrected chi connectivity index (χ1v) is 11.2. The smallest absolute Gasteiger partial charge is 0.229 e. The summed E-state index contributed by atoms with van der Waals surface area (Å²) in [7, 11) is 0. The third-order valence-corrected chi connectivity index (χ3v) is 6.58. The first-order valence-electron chi connectivity index (χ1n) is 11.2. The maximum Gasteiger partial charge on any atom is 0.229 e. The molecule has 0 aromatic heterocycles. The summed E-state index contributed by atoms with van der Waals surface area (Å²) in [5.41, 5.74) is 6.56. The van der Waals surface area contributed by atoms with E-state index in [0.717, 1.165) is 29.9 Å². The van der Waals surface area contributed by atoms with Gasteiger partial charge in [0.05, 0.1) is 5.92 Å². The van der Waals surface area contributed by atoms with E-state index in [-0.39, 0.29) is 30.2 Å². The van der Waals surface area contributed by atoms with Crippen LogP contribution in [0.4, 0.5) is 17.1 Å². The fourth-order valence-electron chi connectivity index (χ4n) is 4.77. The topological polar surface area (TPSA) is 61.4 Å². The lowest BCUT2D eigenvalue weighted by Crippen LogP contribution is -2.38. The van der Waals surface area contributed by atoms with E-state index in [1.54, 1.807) is 0 Å². The zero-order valence-electron chi connectivity index (χ0n) is 18.2. The van der Waals surface area contributed by atoms with Crippen LogP contribution in [0.2, 0.25) is 0 Å². The van der Waals surface area contributed by atoms with E-state index >= 15 is 0 Å². The molecule has 5 heteroatoms. The molecule has 32 heavy (non-hydrogen) atoms. The molecule has 0 radical (unpaired) electrons. The predicted molar refractivity (Wildman–Crippen MR) is 127 cm³/mol. The Bertz CT molecular complexity index is 1130. The number of benzene rings is 3. The van der Waals surface area contributed by atoms with Crippen molar-refractivity contribution in [3.63, 3.8) is 0 Å². The van der Waals surface area contributed by atoms with Gasteiger partial charge in [-0.25, -0.2) is 0 Å². The van der Waals surface area contributed by atoms with E-state index in [9.17, 15) is 9.59 Å². The summed E-state index contributed by atoms with van der Waals surface area (Å²) >= 11 is 0. The van der Waals surface area contributed by atoms with E-state index in [0.29, 0.717) is 6.54 Å². The highest BCUT2D eigenvalue weighted by Gasteiger charge is 2.39. The van der Waals surface area contributed by atoms with Gasteiger partial charge >= 0.3 is 0 Å². The third kappa shape index (κ3) is 4.11. The standard InChI is InChI=1S/C27H27N3O2/c1-18-6-2-5-9-25(18)28-22-10-12-23(13-11-22)29-27(32)21-16-26(31)30(17-21)24-14-19-7-3-4-8-20(19)15-24/h2-13,21,24,28H,14-17H2,1H3,(H,29,32). The molecule has 2 N–H and O–H groups in total. The lowest BCUT2D eigenvalue weighted by atomic mass is 10.1. The van der Waals surface area contributed by atoms with Gasteiger partial charge in [-0.3, -0.25) is 9.59 Å². The van der Waals surface area contributed by atoms with Gasteiger partial charge in [-0.1, -0.05) is 42.5 Å². The van der Waals surface area contributed by atoms with Crippen LogP contribution in [0, 0.1) is 12.8 Å². The van der Waals surface area contributed by atoms with Crippen LogP contribution in [0.5, 0.6) is 0 Å². The van der Waals surface area contributed by atoms with Gasteiger partial charge in [-0.05, 0) is 66.8 Å². The van der Waals surface area contributed by atoms with Gasteiger partial charge in [0.2, 0.25) is 11.8 Å². The fraction of sp³-hybridized carbons (Fsp3) is 0.259. The van der Waals surface area contributed by atoms with Gasteiger partial charge in [-0.15, -0.1) is 0 Å². The van der Waals surface area contributed by atoms with E-state index in [4.69, 9.17) is 0 Å². The number of hydrogen-bond acceptors (Lipinski definition) is 3. The number of amides is 2. The number of aryl methyl sites for hydroxylation is 1. The highest BCUT2D eigenvalue weighted by molar-refractivity contribution is 5.97. The second-order valence-electron chi connectivity index (χ2n) is 8.78. The molecule has 1 saturated heterocycles. The highest BCUT2D eigenvalue weighted by Crippen LogP contribution is 2.30. The number of carbonyl (C=O) groups is 2. The predicted octanol–water partition coefficient (Wildman–Crippen LogP) is 4.69. The quantitative estimate of drug-likeness (QED) is 0.623. The van der Waals surface area contributed by atoms with Crippen LogP contribution < -0.4 is 10.6 Å². The lowest BCUT2D eigenvalue weighted by molar-refractivity contribution is -0.129. The molecule has 1 unspecified atom stereocenters. The number of likely N-dealkylation sites (tertiary alicyclic amines) is 1. The minimum Gasteiger partial charge on any atom is -0.355 e. The number of hydrogen-bond donors (Lipinski definition) is 2. The van der Waals surface area contributed by atoms with Crippen molar-refractivity contribution in [3.05, 3.63) is 89.5 Å². The van der Waals surface area contributed by atoms with Crippen molar-refractivity contribution in [2.75, 3.05) is 17.2 Å². The Morgan fingerprint density at radius 2 is 1.47 bits per heavy atom. The van der Waals surface area contributed by atoms with Crippen LogP contribution in [-0.2, 0) is 22.4 Å². The number of nitrogens with one attached hydrogen (secondary N) is 2. The van der Waals surface area contributed by atoms with Crippen LogP contribution >= 0.6 is 0 Å². The molecular weight excluding hydrogens is 398 g/mol. The molecule has 0 bridgehead atoms. The SMILES string of the molecule is Cc1ccccc1Nc1ccc(NC(=O)C2CC(=O)N(C3Cc4ccccc4C3)C2)cc1. The molecule has 0 saturated carbocycles. The number of anilines is 3. The second kappa shape index (κ2) is 8.50. The highest BCUT2D eigenvalue weighted by atomic mass is 16.2. The molecule has 5 nitrogen and oxygen atoms in total. The Kier molecular flexibility index (Phi) is 5.39. The molecule has 1 aliphatic carbocycles. The van der Waals surface area contributed by atoms with Crippen molar-refractivity contribution < 1.29 is 9.59 Å². The zero-order chi connectivity index (χ0) is 22.1. The first kappa shape index (κ1) is 20.3. The molecule has 1 fully saturated rings. The maximum atomic E-state index is 12.9. The fourth-order valence-corrected chi connectivity index (χ4v) is 4.77. The minimum atomic E-state index is -0.309. The van der Waals surface area contributed by atoms with Crippen molar-refractivity contribution in [2.45, 2.75) is 32.2 Å². The number of carbonyl (C=O) groups excluding carboxylic acids is 2. The van der Waals surface area contributed by atoms with Crippen LogP contribution in [0.1, 0.15) is 23.1 Å². The summed E-state index contributed by atoms with van der Waals surface area (Å²) in [5, 5.41) is 6.38. The Balaban J connectivity index is 1.18. The molecule has 1 atom stereocenters. The first-order chi connectivity index (χ1) is 15.6. The minimum absolute atomic E-state index is 0.0840. The van der Waals surface area contributed by atoms with E-state index in [2.05, 4.69) is 35.8 Å². The van der Waals surface area contributed by atoms with E-state index in [1.165, 1.54) is 16.7 Å². The zero-order valence-corrected chi connectivity index (χ0v) is 18.2. The van der Waals surface area contributed by atoms with Gasteiger partial charge in [-0.2, -0.15) is 0 Å². The molecule has 3 aromatic rings. The van der Waals surface area contributed by atoms with Crippen molar-refractivity contribution >= 4 is 28.9 Å². The normalized spacial score (nSPS) is 18.0. The second-order valence-corrected chi connectivity index (χ2v) is 8.78. The van der Waals surface area contributed by atoms with Crippen molar-refractivity contribution in [1.29, 1.82) is 0 Å². The van der Waals surface area contributed by atoms with Crippen LogP contribution in [0.15, 0.2) is 72.8 Å². The number of nitrogens with zero attached hydrogens (tertiary/aromatic N) is 1. The molecule has 0 spiro atoms. The number of rotatable bonds is 5. The Morgan fingerprint density at radius 3 is 2.16 bits per heavy atom. The average Bonchev–Trinajstić information content (AvgIpc) is 3.40. The average molecular weight is 426 g/mol. The third-order valence-electron chi connectivity index (χ3n) is 6.58. The van der Waals surface area contributed by atoms with E-state index < -0.39 is 0 Å². The van der Waals surface area contributed by atoms with Gasteiger partial charge in [0.1, 0.15) is 0 Å². The monoisotopic (exact) mass is 425 g/mol. The summed E-state index contributed by atoms with van der Waals surface area (Å²) in [5.74, 6) is -0.312. The number of fused-ring (bicyclic) bond motifs is 1. The summed E-state index contributed by atoms with van der Waals surface area (Å²) in [6.45, 7) is 2.56. The van der Waals surface area contributed by atoms with Crippen molar-refractivity contribution in [2.24, 2.45) is 5.92 Å². The molecule has 5 rings (SSSR count). The van der Waals surface area contributed by atoms with Gasteiger partial charge in [0.15, 0.2) is 0 Å². The van der Waals surface area contributed by atoms with Crippen LogP contribution in [0.3, 0.4) is 0 Å². The van der Waals surface area contributed by atoms with Crippen molar-refractivity contribution in [3.8, 4) is 0 Å². The summed E-state index contributed by atoms with van der Waals surface area (Å²) < 4.78 is 0.